The Bertz CT molecular complexity index is 468. The summed E-state index contributed by atoms with van der Waals surface area (Å²) in [5.41, 5.74) is 1.27. The number of nitrogens with one attached hydrogen (secondary N) is 2. The molecule has 2 aromatic rings. The Hall–Kier alpha value is -2.30. The van der Waals surface area contributed by atoms with Crippen molar-refractivity contribution in [2.24, 2.45) is 0 Å². The van der Waals surface area contributed by atoms with E-state index in [-0.39, 0.29) is 6.03 Å². The molecule has 94 valence electrons. The van der Waals surface area contributed by atoms with Crippen molar-refractivity contribution in [3.63, 3.8) is 0 Å². The van der Waals surface area contributed by atoms with Crippen molar-refractivity contribution < 1.29 is 9.32 Å². The van der Waals surface area contributed by atoms with E-state index in [4.69, 9.17) is 4.52 Å². The first-order chi connectivity index (χ1) is 8.84. The molecule has 0 bridgehead atoms. The van der Waals surface area contributed by atoms with Crippen LogP contribution in [0.4, 0.5) is 10.7 Å². The summed E-state index contributed by atoms with van der Waals surface area (Å²) in [5, 5.41) is 8.79. The Balaban J connectivity index is 1.62. The van der Waals surface area contributed by atoms with Gasteiger partial charge in [0.2, 0.25) is 5.88 Å². The van der Waals surface area contributed by atoms with Gasteiger partial charge in [-0.2, -0.15) is 0 Å². The van der Waals surface area contributed by atoms with E-state index in [0.29, 0.717) is 12.4 Å². The molecule has 1 aromatic heterocycles. The highest BCUT2D eigenvalue weighted by atomic mass is 16.5. The second-order valence-corrected chi connectivity index (χ2v) is 3.85. The van der Waals surface area contributed by atoms with Crippen LogP contribution < -0.4 is 10.6 Å². The van der Waals surface area contributed by atoms with Crippen LogP contribution in [0.15, 0.2) is 47.1 Å². The largest absolute Gasteiger partial charge is 0.338 e. The predicted octanol–water partition coefficient (Wildman–Crippen LogP) is 2.43. The zero-order chi connectivity index (χ0) is 12.6. The Morgan fingerprint density at radius 1 is 1.22 bits per heavy atom. The number of carbonyl (C=O) groups is 1. The number of amides is 2. The number of urea groups is 1. The van der Waals surface area contributed by atoms with Gasteiger partial charge in [-0.15, -0.1) is 0 Å². The van der Waals surface area contributed by atoms with Gasteiger partial charge in [-0.25, -0.2) is 4.79 Å². The third kappa shape index (κ3) is 3.93. The monoisotopic (exact) mass is 245 g/mol. The summed E-state index contributed by atoms with van der Waals surface area (Å²) in [5.74, 6) is 0.343. The Kier molecular flexibility index (Phi) is 4.35. The molecule has 0 aliphatic heterocycles. The van der Waals surface area contributed by atoms with Crippen molar-refractivity contribution in [3.05, 3.63) is 48.2 Å². The predicted molar refractivity (Wildman–Crippen MR) is 68.3 cm³/mol. The number of carbonyl (C=O) groups excluding carboxylic acids is 1. The number of anilines is 1. The Morgan fingerprint density at radius 3 is 2.78 bits per heavy atom. The number of nitrogens with zero attached hydrogens (tertiary/aromatic N) is 1. The summed E-state index contributed by atoms with van der Waals surface area (Å²) in [7, 11) is 0. The van der Waals surface area contributed by atoms with Crippen LogP contribution in [-0.2, 0) is 6.42 Å². The molecule has 2 N–H and O–H groups in total. The van der Waals surface area contributed by atoms with Crippen molar-refractivity contribution >= 4 is 11.9 Å². The molecule has 0 aliphatic rings. The van der Waals surface area contributed by atoms with Crippen molar-refractivity contribution in [3.8, 4) is 0 Å². The van der Waals surface area contributed by atoms with Crippen molar-refractivity contribution in [2.45, 2.75) is 12.8 Å². The lowest BCUT2D eigenvalue weighted by molar-refractivity contribution is 0.251. The van der Waals surface area contributed by atoms with Gasteiger partial charge in [0.05, 0.1) is 6.20 Å². The van der Waals surface area contributed by atoms with Gasteiger partial charge in [0.15, 0.2) is 0 Å². The highest BCUT2D eigenvalue weighted by molar-refractivity contribution is 5.87. The highest BCUT2D eigenvalue weighted by Gasteiger charge is 2.02. The van der Waals surface area contributed by atoms with Gasteiger partial charge < -0.3 is 9.84 Å². The summed E-state index contributed by atoms with van der Waals surface area (Å²) in [6, 6.07) is 11.5. The maximum atomic E-state index is 11.4. The minimum Gasteiger partial charge on any atom is -0.338 e. The van der Waals surface area contributed by atoms with Crippen LogP contribution in [0.25, 0.3) is 0 Å². The molecule has 0 fully saturated rings. The van der Waals surface area contributed by atoms with Gasteiger partial charge in [0.1, 0.15) is 0 Å². The number of aryl methyl sites for hydroxylation is 1. The maximum Gasteiger partial charge on any atom is 0.321 e. The molecule has 0 unspecified atom stereocenters. The van der Waals surface area contributed by atoms with E-state index in [2.05, 4.69) is 27.9 Å². The molecular weight excluding hydrogens is 230 g/mol. The summed E-state index contributed by atoms with van der Waals surface area (Å²) in [4.78, 5) is 11.4. The topological polar surface area (TPSA) is 67.2 Å². The molecular formula is C13H15N3O2. The second kappa shape index (κ2) is 6.44. The molecule has 0 atom stereocenters. The lowest BCUT2D eigenvalue weighted by atomic mass is 10.1. The lowest BCUT2D eigenvalue weighted by Crippen LogP contribution is -2.29. The summed E-state index contributed by atoms with van der Waals surface area (Å²) in [6.07, 6.45) is 3.32. The molecule has 0 saturated carbocycles. The fraction of sp³-hybridized carbons (Fsp3) is 0.231. The third-order valence-corrected chi connectivity index (χ3v) is 2.45. The van der Waals surface area contributed by atoms with E-state index in [0.717, 1.165) is 12.8 Å². The summed E-state index contributed by atoms with van der Waals surface area (Å²) < 4.78 is 4.76. The molecule has 0 spiro atoms. The number of hydrogen-bond donors (Lipinski definition) is 2. The van der Waals surface area contributed by atoms with Crippen molar-refractivity contribution in [1.82, 2.24) is 10.5 Å². The van der Waals surface area contributed by atoms with Crippen LogP contribution >= 0.6 is 0 Å². The van der Waals surface area contributed by atoms with Gasteiger partial charge in [0, 0.05) is 12.6 Å². The van der Waals surface area contributed by atoms with Gasteiger partial charge in [-0.05, 0) is 18.4 Å². The van der Waals surface area contributed by atoms with Gasteiger partial charge in [-0.1, -0.05) is 35.5 Å². The fourth-order valence-electron chi connectivity index (χ4n) is 1.58. The Morgan fingerprint density at radius 2 is 2.06 bits per heavy atom. The van der Waals surface area contributed by atoms with E-state index in [1.54, 1.807) is 6.07 Å². The zero-order valence-corrected chi connectivity index (χ0v) is 9.93. The number of aromatic nitrogens is 1. The van der Waals surface area contributed by atoms with Crippen molar-refractivity contribution in [2.75, 3.05) is 11.9 Å². The minimum atomic E-state index is -0.278. The number of hydrogen-bond acceptors (Lipinski definition) is 3. The van der Waals surface area contributed by atoms with Gasteiger partial charge in [-0.3, -0.25) is 5.32 Å². The first-order valence-corrected chi connectivity index (χ1v) is 5.84. The first-order valence-electron chi connectivity index (χ1n) is 5.84. The van der Waals surface area contributed by atoms with Crippen molar-refractivity contribution in [1.29, 1.82) is 0 Å². The normalized spacial score (nSPS) is 10.0. The lowest BCUT2D eigenvalue weighted by Gasteiger charge is -2.05. The molecule has 0 aliphatic carbocycles. The molecule has 18 heavy (non-hydrogen) atoms. The smallest absolute Gasteiger partial charge is 0.321 e. The van der Waals surface area contributed by atoms with Crippen LogP contribution in [0.2, 0.25) is 0 Å². The molecule has 0 saturated heterocycles. The molecule has 2 rings (SSSR count). The summed E-state index contributed by atoms with van der Waals surface area (Å²) >= 11 is 0. The standard InChI is InChI=1S/C13H15N3O2/c17-13(16-12-8-10-15-18-12)14-9-4-7-11-5-2-1-3-6-11/h1-3,5-6,8,10H,4,7,9H2,(H2,14,16,17). The zero-order valence-electron chi connectivity index (χ0n) is 9.93. The fourth-order valence-corrected chi connectivity index (χ4v) is 1.58. The van der Waals surface area contributed by atoms with Crippen LogP contribution in [0.5, 0.6) is 0 Å². The third-order valence-electron chi connectivity index (χ3n) is 2.45. The minimum absolute atomic E-state index is 0.278. The molecule has 1 heterocycles. The van der Waals surface area contributed by atoms with Crippen LogP contribution in [-0.4, -0.2) is 17.7 Å². The van der Waals surface area contributed by atoms with E-state index in [1.165, 1.54) is 11.8 Å². The maximum absolute atomic E-state index is 11.4. The molecule has 5 nitrogen and oxygen atoms in total. The molecule has 5 heteroatoms. The van der Waals surface area contributed by atoms with Gasteiger partial charge >= 0.3 is 6.03 Å². The van der Waals surface area contributed by atoms with Crippen LogP contribution in [0.3, 0.4) is 0 Å². The SMILES string of the molecule is O=C(NCCCc1ccccc1)Nc1ccno1. The quantitative estimate of drug-likeness (QED) is 0.795. The van der Waals surface area contributed by atoms with E-state index in [9.17, 15) is 4.79 Å². The molecule has 0 radical (unpaired) electrons. The highest BCUT2D eigenvalue weighted by Crippen LogP contribution is 2.03. The second-order valence-electron chi connectivity index (χ2n) is 3.85. The van der Waals surface area contributed by atoms with Crippen LogP contribution in [0, 0.1) is 0 Å². The van der Waals surface area contributed by atoms with Crippen LogP contribution in [0.1, 0.15) is 12.0 Å². The van der Waals surface area contributed by atoms with Gasteiger partial charge in [0.25, 0.3) is 0 Å². The van der Waals surface area contributed by atoms with E-state index < -0.39 is 0 Å². The number of benzene rings is 1. The molecule has 2 amide bonds. The average molecular weight is 245 g/mol. The van der Waals surface area contributed by atoms with E-state index >= 15 is 0 Å². The number of rotatable bonds is 5. The average Bonchev–Trinajstić information content (AvgIpc) is 2.89. The summed E-state index contributed by atoms with van der Waals surface area (Å²) in [6.45, 7) is 0.620. The Labute approximate surface area is 105 Å². The molecule has 1 aromatic carbocycles. The first kappa shape index (κ1) is 12.2. The van der Waals surface area contributed by atoms with E-state index in [1.807, 2.05) is 18.2 Å².